The maximum atomic E-state index is 10.7. The molecule has 0 saturated carbocycles. The second-order valence-corrected chi connectivity index (χ2v) is 4.13. The van der Waals surface area contributed by atoms with Gasteiger partial charge < -0.3 is 9.73 Å². The Kier molecular flexibility index (Phi) is 3.77. The van der Waals surface area contributed by atoms with Gasteiger partial charge >= 0.3 is 0 Å². The number of aromatic nitrogens is 1. The Hall–Kier alpha value is -2.10. The number of hydrogen-bond acceptors (Lipinski definition) is 3. The summed E-state index contributed by atoms with van der Waals surface area (Å²) in [4.78, 5) is 14.9. The zero-order valence-electron chi connectivity index (χ0n) is 10.6. The average molecular weight is 244 g/mol. The van der Waals surface area contributed by atoms with Gasteiger partial charge in [-0.2, -0.15) is 0 Å². The van der Waals surface area contributed by atoms with Crippen LogP contribution >= 0.6 is 0 Å². The van der Waals surface area contributed by atoms with Crippen molar-refractivity contribution in [1.82, 2.24) is 10.3 Å². The molecule has 0 atom stereocenters. The maximum absolute atomic E-state index is 10.7. The van der Waals surface area contributed by atoms with Crippen LogP contribution in [0.15, 0.2) is 28.7 Å². The number of benzene rings is 1. The minimum Gasteiger partial charge on any atom is -0.441 e. The summed E-state index contributed by atoms with van der Waals surface area (Å²) in [6.07, 6.45) is 4.85. The Morgan fingerprint density at radius 1 is 1.50 bits per heavy atom. The van der Waals surface area contributed by atoms with Crippen LogP contribution in [0, 0.1) is 6.92 Å². The lowest BCUT2D eigenvalue weighted by atomic mass is 10.2. The minimum absolute atomic E-state index is 0.00181. The van der Waals surface area contributed by atoms with Gasteiger partial charge in [0.25, 0.3) is 0 Å². The summed E-state index contributed by atoms with van der Waals surface area (Å²) in [7, 11) is 0. The lowest BCUT2D eigenvalue weighted by Gasteiger charge is -1.97. The molecular formula is C14H16N2O2. The summed E-state index contributed by atoms with van der Waals surface area (Å²) in [5, 5.41) is 2.75. The molecular weight excluding hydrogens is 228 g/mol. The van der Waals surface area contributed by atoms with E-state index in [0.29, 0.717) is 12.4 Å². The number of carbonyl (C=O) groups excluding carboxylic acids is 1. The number of fused-ring (bicyclic) bond motifs is 1. The third-order valence-corrected chi connectivity index (χ3v) is 2.51. The molecule has 18 heavy (non-hydrogen) atoms. The van der Waals surface area contributed by atoms with E-state index in [2.05, 4.69) is 10.3 Å². The maximum Gasteiger partial charge on any atom is 0.216 e. The predicted molar refractivity (Wildman–Crippen MR) is 71.1 cm³/mol. The van der Waals surface area contributed by atoms with E-state index in [0.717, 1.165) is 23.1 Å². The van der Waals surface area contributed by atoms with E-state index < -0.39 is 0 Å². The molecule has 2 rings (SSSR count). The third-order valence-electron chi connectivity index (χ3n) is 2.51. The molecule has 1 aromatic heterocycles. The van der Waals surface area contributed by atoms with Crippen LogP contribution in [-0.4, -0.2) is 17.4 Å². The molecule has 0 aliphatic carbocycles. The zero-order chi connectivity index (χ0) is 13.0. The SMILES string of the molecule is CC(=O)NCCC=Cc1ccc2nc(C)oc2c1. The highest BCUT2D eigenvalue weighted by Gasteiger charge is 2.01. The molecule has 0 saturated heterocycles. The van der Waals surface area contributed by atoms with E-state index in [9.17, 15) is 4.79 Å². The van der Waals surface area contributed by atoms with E-state index in [1.54, 1.807) is 0 Å². The topological polar surface area (TPSA) is 55.1 Å². The highest BCUT2D eigenvalue weighted by Crippen LogP contribution is 2.17. The second kappa shape index (κ2) is 5.49. The molecule has 4 nitrogen and oxygen atoms in total. The molecule has 1 aromatic carbocycles. The first-order valence-corrected chi connectivity index (χ1v) is 5.93. The smallest absolute Gasteiger partial charge is 0.216 e. The number of oxazole rings is 1. The van der Waals surface area contributed by atoms with Crippen molar-refractivity contribution in [3.8, 4) is 0 Å². The van der Waals surface area contributed by atoms with Gasteiger partial charge in [0.05, 0.1) is 0 Å². The fraction of sp³-hybridized carbons (Fsp3) is 0.286. The Bertz CT molecular complexity index is 584. The first-order chi connectivity index (χ1) is 8.65. The molecule has 0 bridgehead atoms. The van der Waals surface area contributed by atoms with Crippen LogP contribution in [0.5, 0.6) is 0 Å². The number of amides is 1. The Labute approximate surface area is 106 Å². The van der Waals surface area contributed by atoms with E-state index in [-0.39, 0.29) is 5.91 Å². The lowest BCUT2D eigenvalue weighted by molar-refractivity contribution is -0.118. The third kappa shape index (κ3) is 3.20. The number of carbonyl (C=O) groups is 1. The fourth-order valence-electron chi connectivity index (χ4n) is 1.71. The Balaban J connectivity index is 1.98. The fourth-order valence-corrected chi connectivity index (χ4v) is 1.71. The predicted octanol–water partition coefficient (Wildman–Crippen LogP) is 2.68. The molecule has 1 heterocycles. The summed E-state index contributed by atoms with van der Waals surface area (Å²) in [5.74, 6) is 0.679. The highest BCUT2D eigenvalue weighted by atomic mass is 16.3. The van der Waals surface area contributed by atoms with Crippen molar-refractivity contribution < 1.29 is 9.21 Å². The van der Waals surface area contributed by atoms with Gasteiger partial charge in [0.15, 0.2) is 11.5 Å². The van der Waals surface area contributed by atoms with Gasteiger partial charge in [-0.3, -0.25) is 4.79 Å². The van der Waals surface area contributed by atoms with Crippen molar-refractivity contribution in [2.75, 3.05) is 6.54 Å². The second-order valence-electron chi connectivity index (χ2n) is 4.13. The summed E-state index contributed by atoms with van der Waals surface area (Å²) in [6.45, 7) is 4.02. The van der Waals surface area contributed by atoms with Gasteiger partial charge in [-0.1, -0.05) is 18.2 Å². The summed E-state index contributed by atoms with van der Waals surface area (Å²) < 4.78 is 5.47. The number of nitrogens with one attached hydrogen (secondary N) is 1. The van der Waals surface area contributed by atoms with Crippen LogP contribution in [-0.2, 0) is 4.79 Å². The van der Waals surface area contributed by atoms with Crippen LogP contribution in [0.2, 0.25) is 0 Å². The Morgan fingerprint density at radius 2 is 2.33 bits per heavy atom. The van der Waals surface area contributed by atoms with Gasteiger partial charge in [0, 0.05) is 20.4 Å². The standard InChI is InChI=1S/C14H16N2O2/c1-10(17)15-8-4-3-5-12-6-7-13-14(9-12)18-11(2)16-13/h3,5-7,9H,4,8H2,1-2H3,(H,15,17). The number of rotatable bonds is 4. The normalized spacial score (nSPS) is 11.2. The molecule has 0 aliphatic heterocycles. The van der Waals surface area contributed by atoms with Gasteiger partial charge in [-0.05, 0) is 24.1 Å². The van der Waals surface area contributed by atoms with E-state index in [1.165, 1.54) is 6.92 Å². The number of aryl methyl sites for hydroxylation is 1. The van der Waals surface area contributed by atoms with Crippen LogP contribution in [0.1, 0.15) is 24.8 Å². The molecule has 2 aromatic rings. The molecule has 94 valence electrons. The molecule has 1 N–H and O–H groups in total. The molecule has 0 fully saturated rings. The van der Waals surface area contributed by atoms with Crippen molar-refractivity contribution in [2.45, 2.75) is 20.3 Å². The first-order valence-electron chi connectivity index (χ1n) is 5.93. The van der Waals surface area contributed by atoms with Crippen LogP contribution in [0.25, 0.3) is 17.2 Å². The first kappa shape index (κ1) is 12.4. The van der Waals surface area contributed by atoms with Gasteiger partial charge in [0.2, 0.25) is 5.91 Å². The average Bonchev–Trinajstić information content (AvgIpc) is 2.67. The molecule has 0 spiro atoms. The number of nitrogens with zero attached hydrogens (tertiary/aromatic N) is 1. The molecule has 0 radical (unpaired) electrons. The van der Waals surface area contributed by atoms with Crippen molar-refractivity contribution in [1.29, 1.82) is 0 Å². The van der Waals surface area contributed by atoms with Crippen molar-refractivity contribution >= 4 is 23.1 Å². The summed E-state index contributed by atoms with van der Waals surface area (Å²) >= 11 is 0. The number of hydrogen-bond donors (Lipinski definition) is 1. The Morgan fingerprint density at radius 3 is 3.11 bits per heavy atom. The van der Waals surface area contributed by atoms with Crippen LogP contribution < -0.4 is 5.32 Å². The minimum atomic E-state index is 0.00181. The van der Waals surface area contributed by atoms with Crippen molar-refractivity contribution in [3.63, 3.8) is 0 Å². The van der Waals surface area contributed by atoms with E-state index in [4.69, 9.17) is 4.42 Å². The van der Waals surface area contributed by atoms with Crippen LogP contribution in [0.4, 0.5) is 0 Å². The highest BCUT2D eigenvalue weighted by molar-refractivity contribution is 5.76. The van der Waals surface area contributed by atoms with Crippen molar-refractivity contribution in [3.05, 3.63) is 35.7 Å². The van der Waals surface area contributed by atoms with Gasteiger partial charge in [-0.25, -0.2) is 4.98 Å². The van der Waals surface area contributed by atoms with Crippen molar-refractivity contribution in [2.24, 2.45) is 0 Å². The molecule has 0 unspecified atom stereocenters. The van der Waals surface area contributed by atoms with Crippen LogP contribution in [0.3, 0.4) is 0 Å². The van der Waals surface area contributed by atoms with E-state index in [1.807, 2.05) is 37.3 Å². The zero-order valence-corrected chi connectivity index (χ0v) is 10.6. The lowest BCUT2D eigenvalue weighted by Crippen LogP contribution is -2.20. The molecule has 1 amide bonds. The summed E-state index contributed by atoms with van der Waals surface area (Å²) in [5.41, 5.74) is 2.75. The molecule has 0 aliphatic rings. The molecule has 4 heteroatoms. The largest absolute Gasteiger partial charge is 0.441 e. The quantitative estimate of drug-likeness (QED) is 0.841. The van der Waals surface area contributed by atoms with E-state index >= 15 is 0 Å². The monoisotopic (exact) mass is 244 g/mol. The summed E-state index contributed by atoms with van der Waals surface area (Å²) in [6, 6.07) is 5.91. The van der Waals surface area contributed by atoms with Gasteiger partial charge in [0.1, 0.15) is 5.52 Å². The van der Waals surface area contributed by atoms with Gasteiger partial charge in [-0.15, -0.1) is 0 Å².